The van der Waals surface area contributed by atoms with Crippen LogP contribution in [0.15, 0.2) is 18.2 Å². The zero-order valence-electron chi connectivity index (χ0n) is 16.5. The molecule has 2 rings (SSSR count). The van der Waals surface area contributed by atoms with E-state index in [9.17, 15) is 9.59 Å². The molecule has 0 saturated carbocycles. The van der Waals surface area contributed by atoms with Gasteiger partial charge < -0.3 is 10.6 Å². The number of anilines is 2. The molecule has 1 heterocycles. The number of benzene rings is 1. The van der Waals surface area contributed by atoms with Gasteiger partial charge in [0.25, 0.3) is 5.91 Å². The number of amides is 2. The Hall–Kier alpha value is -2.21. The van der Waals surface area contributed by atoms with Gasteiger partial charge >= 0.3 is 0 Å². The molecule has 0 unspecified atom stereocenters. The quantitative estimate of drug-likeness (QED) is 0.800. The number of rotatable bonds is 4. The van der Waals surface area contributed by atoms with Gasteiger partial charge in [0.2, 0.25) is 5.91 Å². The number of hydrogen-bond donors (Lipinski definition) is 2. The molecule has 2 N–H and O–H groups in total. The average Bonchev–Trinajstić information content (AvgIpc) is 2.92. The van der Waals surface area contributed by atoms with Gasteiger partial charge in [0, 0.05) is 22.7 Å². The van der Waals surface area contributed by atoms with E-state index in [1.807, 2.05) is 39.8 Å². The number of aromatic nitrogens is 1. The molecule has 0 saturated heterocycles. The highest BCUT2D eigenvalue weighted by atomic mass is 32.1. The number of aryl methyl sites for hydroxylation is 2. The molecule has 0 aliphatic carbocycles. The minimum absolute atomic E-state index is 0.0563. The third-order valence-corrected chi connectivity index (χ3v) is 5.50. The smallest absolute Gasteiger partial charge is 0.267 e. The van der Waals surface area contributed by atoms with Crippen molar-refractivity contribution in [3.05, 3.63) is 39.3 Å². The third kappa shape index (κ3) is 4.69. The molecule has 26 heavy (non-hydrogen) atoms. The third-order valence-electron chi connectivity index (χ3n) is 3.92. The van der Waals surface area contributed by atoms with Crippen LogP contribution in [-0.2, 0) is 10.2 Å². The van der Waals surface area contributed by atoms with Crippen molar-refractivity contribution in [3.8, 4) is 0 Å². The van der Waals surface area contributed by atoms with Crippen molar-refractivity contribution in [3.63, 3.8) is 0 Å². The standard InChI is InChI=1S/C20H27N3O2S/c1-11(2)17(24)22-14-9-8-12(3)15(10-14)23-18(25)16-13(4)21-19(26-16)20(5,6)7/h8-11H,1-7H3,(H,22,24)(H,23,25). The lowest BCUT2D eigenvalue weighted by atomic mass is 9.98. The van der Waals surface area contributed by atoms with E-state index in [2.05, 4.69) is 36.4 Å². The van der Waals surface area contributed by atoms with Gasteiger partial charge in [-0.1, -0.05) is 40.7 Å². The van der Waals surface area contributed by atoms with Crippen molar-refractivity contribution in [1.29, 1.82) is 0 Å². The Balaban J connectivity index is 2.24. The topological polar surface area (TPSA) is 71.1 Å². The second-order valence-electron chi connectivity index (χ2n) is 7.81. The Labute approximate surface area is 159 Å². The summed E-state index contributed by atoms with van der Waals surface area (Å²) >= 11 is 1.43. The molecule has 2 aromatic rings. The molecule has 0 bridgehead atoms. The van der Waals surface area contributed by atoms with Crippen molar-refractivity contribution in [2.75, 3.05) is 10.6 Å². The van der Waals surface area contributed by atoms with Crippen molar-refractivity contribution in [2.24, 2.45) is 5.92 Å². The summed E-state index contributed by atoms with van der Waals surface area (Å²) in [7, 11) is 0. The van der Waals surface area contributed by atoms with Gasteiger partial charge in [-0.05, 0) is 31.5 Å². The van der Waals surface area contributed by atoms with Crippen LogP contribution < -0.4 is 10.6 Å². The van der Waals surface area contributed by atoms with Crippen LogP contribution in [0.25, 0.3) is 0 Å². The van der Waals surface area contributed by atoms with Crippen LogP contribution in [0, 0.1) is 19.8 Å². The van der Waals surface area contributed by atoms with Gasteiger partial charge in [-0.25, -0.2) is 4.98 Å². The normalized spacial score (nSPS) is 11.5. The second kappa shape index (κ2) is 7.58. The number of nitrogens with zero attached hydrogens (tertiary/aromatic N) is 1. The summed E-state index contributed by atoms with van der Waals surface area (Å²) < 4.78 is 0. The molecule has 0 aliphatic heterocycles. The maximum atomic E-state index is 12.7. The Morgan fingerprint density at radius 3 is 2.31 bits per heavy atom. The fourth-order valence-corrected chi connectivity index (χ4v) is 3.25. The number of nitrogens with one attached hydrogen (secondary N) is 2. The van der Waals surface area contributed by atoms with E-state index in [4.69, 9.17) is 0 Å². The van der Waals surface area contributed by atoms with Gasteiger partial charge in [-0.3, -0.25) is 9.59 Å². The summed E-state index contributed by atoms with van der Waals surface area (Å²) in [6.45, 7) is 13.7. The first-order valence-corrected chi connectivity index (χ1v) is 9.51. The monoisotopic (exact) mass is 373 g/mol. The predicted octanol–water partition coefficient (Wildman–Crippen LogP) is 4.90. The molecule has 0 atom stereocenters. The van der Waals surface area contributed by atoms with Crippen LogP contribution in [0.4, 0.5) is 11.4 Å². The Bertz CT molecular complexity index is 832. The average molecular weight is 374 g/mol. The first-order chi connectivity index (χ1) is 12.0. The van der Waals surface area contributed by atoms with Gasteiger partial charge in [0.1, 0.15) is 4.88 Å². The summed E-state index contributed by atoms with van der Waals surface area (Å²) in [6.07, 6.45) is 0. The van der Waals surface area contributed by atoms with Crippen LogP contribution in [0.1, 0.15) is 60.6 Å². The fourth-order valence-electron chi connectivity index (χ4n) is 2.23. The van der Waals surface area contributed by atoms with Crippen molar-refractivity contribution < 1.29 is 9.59 Å². The van der Waals surface area contributed by atoms with Crippen LogP contribution in [0.5, 0.6) is 0 Å². The summed E-state index contributed by atoms with van der Waals surface area (Å²) in [5.74, 6) is -0.338. The van der Waals surface area contributed by atoms with E-state index < -0.39 is 0 Å². The highest BCUT2D eigenvalue weighted by Gasteiger charge is 2.23. The van der Waals surface area contributed by atoms with Crippen molar-refractivity contribution in [1.82, 2.24) is 4.98 Å². The zero-order valence-corrected chi connectivity index (χ0v) is 17.3. The summed E-state index contributed by atoms with van der Waals surface area (Å²) in [5.41, 5.74) is 2.92. The molecule has 6 heteroatoms. The Morgan fingerprint density at radius 1 is 1.12 bits per heavy atom. The molecule has 0 fully saturated rings. The highest BCUT2D eigenvalue weighted by molar-refractivity contribution is 7.14. The van der Waals surface area contributed by atoms with Gasteiger partial charge in [-0.2, -0.15) is 0 Å². The lowest BCUT2D eigenvalue weighted by Gasteiger charge is -2.13. The molecular formula is C20H27N3O2S. The first kappa shape index (κ1) is 20.1. The van der Waals surface area contributed by atoms with Gasteiger partial charge in [0.15, 0.2) is 0 Å². The van der Waals surface area contributed by atoms with Crippen LogP contribution in [-0.4, -0.2) is 16.8 Å². The summed E-state index contributed by atoms with van der Waals surface area (Å²) in [6, 6.07) is 5.50. The molecule has 0 spiro atoms. The van der Waals surface area contributed by atoms with Crippen molar-refractivity contribution in [2.45, 2.75) is 53.9 Å². The van der Waals surface area contributed by atoms with Crippen LogP contribution in [0.3, 0.4) is 0 Å². The Morgan fingerprint density at radius 2 is 1.77 bits per heavy atom. The van der Waals surface area contributed by atoms with E-state index in [1.54, 1.807) is 6.07 Å². The summed E-state index contributed by atoms with van der Waals surface area (Å²) in [5, 5.41) is 6.75. The van der Waals surface area contributed by atoms with Crippen molar-refractivity contribution >= 4 is 34.5 Å². The minimum atomic E-state index is -0.175. The maximum absolute atomic E-state index is 12.7. The van der Waals surface area contributed by atoms with E-state index in [0.717, 1.165) is 16.3 Å². The molecule has 1 aromatic carbocycles. The van der Waals surface area contributed by atoms with Crippen LogP contribution in [0.2, 0.25) is 0 Å². The maximum Gasteiger partial charge on any atom is 0.267 e. The molecule has 1 aromatic heterocycles. The van der Waals surface area contributed by atoms with Crippen LogP contribution >= 0.6 is 11.3 Å². The summed E-state index contributed by atoms with van der Waals surface area (Å²) in [4.78, 5) is 29.8. The predicted molar refractivity (Wildman–Crippen MR) is 108 cm³/mol. The van der Waals surface area contributed by atoms with Gasteiger partial charge in [-0.15, -0.1) is 11.3 Å². The first-order valence-electron chi connectivity index (χ1n) is 8.70. The SMILES string of the molecule is Cc1ccc(NC(=O)C(C)C)cc1NC(=O)c1sc(C(C)(C)C)nc1C. The largest absolute Gasteiger partial charge is 0.326 e. The van der Waals surface area contributed by atoms with E-state index in [0.29, 0.717) is 16.3 Å². The Kier molecular flexibility index (Phi) is 5.86. The molecule has 140 valence electrons. The van der Waals surface area contributed by atoms with E-state index in [-0.39, 0.29) is 23.1 Å². The lowest BCUT2D eigenvalue weighted by Crippen LogP contribution is -2.18. The zero-order chi connectivity index (χ0) is 19.6. The molecular weight excluding hydrogens is 346 g/mol. The highest BCUT2D eigenvalue weighted by Crippen LogP contribution is 2.30. The fraction of sp³-hybridized carbons (Fsp3) is 0.450. The molecule has 2 amide bonds. The number of hydrogen-bond acceptors (Lipinski definition) is 4. The van der Waals surface area contributed by atoms with E-state index in [1.165, 1.54) is 11.3 Å². The van der Waals surface area contributed by atoms with Gasteiger partial charge in [0.05, 0.1) is 10.7 Å². The van der Waals surface area contributed by atoms with E-state index >= 15 is 0 Å². The lowest BCUT2D eigenvalue weighted by molar-refractivity contribution is -0.118. The second-order valence-corrected chi connectivity index (χ2v) is 8.81. The molecule has 0 radical (unpaired) electrons. The molecule has 5 nitrogen and oxygen atoms in total. The number of carbonyl (C=O) groups is 2. The minimum Gasteiger partial charge on any atom is -0.326 e. The molecule has 0 aliphatic rings. The number of thiazole rings is 1. The number of carbonyl (C=O) groups excluding carboxylic acids is 2.